The molecular formula is C19H26BrFN2O4. The number of hydrogen-bond acceptors (Lipinski definition) is 5. The number of carbonyl (C=O) groups is 2. The third kappa shape index (κ3) is 5.18. The number of carbonyl (C=O) groups excluding carboxylic acids is 2. The minimum atomic E-state index is -0.943. The maximum Gasteiger partial charge on any atom is 0.410 e. The number of esters is 1. The molecule has 8 heteroatoms. The Morgan fingerprint density at radius 3 is 2.63 bits per heavy atom. The summed E-state index contributed by atoms with van der Waals surface area (Å²) in [4.78, 5) is 30.9. The molecule has 2 atom stereocenters. The summed E-state index contributed by atoms with van der Waals surface area (Å²) >= 11 is 3.24. The quantitative estimate of drug-likeness (QED) is 0.518. The number of piperidine rings is 1. The van der Waals surface area contributed by atoms with Crippen LogP contribution in [0.2, 0.25) is 0 Å². The second kappa shape index (κ2) is 8.12. The van der Waals surface area contributed by atoms with Crippen molar-refractivity contribution in [1.29, 1.82) is 0 Å². The van der Waals surface area contributed by atoms with Crippen molar-refractivity contribution in [2.75, 3.05) is 13.7 Å². The van der Waals surface area contributed by atoms with Gasteiger partial charge in [0.2, 0.25) is 0 Å². The first-order valence-corrected chi connectivity index (χ1v) is 9.66. The molecule has 2 unspecified atom stereocenters. The summed E-state index contributed by atoms with van der Waals surface area (Å²) in [7, 11) is 1.32. The summed E-state index contributed by atoms with van der Waals surface area (Å²) in [6, 6.07) is 2.57. The average Bonchev–Trinajstić information content (AvgIpc) is 2.55. The third-order valence-electron chi connectivity index (χ3n) is 4.69. The van der Waals surface area contributed by atoms with Crippen LogP contribution in [0.4, 0.5) is 9.18 Å². The molecule has 1 saturated heterocycles. The molecule has 6 nitrogen and oxygen atoms in total. The normalized spacial score (nSPS) is 23.1. The van der Waals surface area contributed by atoms with Gasteiger partial charge in [0.15, 0.2) is 0 Å². The first-order chi connectivity index (χ1) is 12.5. The van der Waals surface area contributed by atoms with Crippen molar-refractivity contribution in [1.82, 2.24) is 9.88 Å². The molecule has 1 fully saturated rings. The summed E-state index contributed by atoms with van der Waals surface area (Å²) in [5.41, 5.74) is -1.34. The Bertz CT molecular complexity index is 722. The lowest BCUT2D eigenvalue weighted by molar-refractivity contribution is -0.157. The number of pyridine rings is 1. The van der Waals surface area contributed by atoms with E-state index in [1.807, 2.05) is 6.92 Å². The average molecular weight is 445 g/mol. The van der Waals surface area contributed by atoms with Crippen molar-refractivity contribution in [3.8, 4) is 0 Å². The number of nitrogens with zero attached hydrogens (tertiary/aromatic N) is 2. The van der Waals surface area contributed by atoms with Crippen LogP contribution in [0.1, 0.15) is 46.2 Å². The van der Waals surface area contributed by atoms with E-state index >= 15 is 0 Å². The van der Waals surface area contributed by atoms with Crippen LogP contribution >= 0.6 is 15.9 Å². The molecule has 1 aliphatic rings. The molecule has 1 aromatic heterocycles. The Labute approximate surface area is 167 Å². The van der Waals surface area contributed by atoms with Crippen LogP contribution in [-0.2, 0) is 20.7 Å². The lowest BCUT2D eigenvalue weighted by Gasteiger charge is -2.43. The number of halogens is 2. The third-order valence-corrected chi connectivity index (χ3v) is 5.13. The van der Waals surface area contributed by atoms with Crippen molar-refractivity contribution < 1.29 is 23.5 Å². The number of rotatable bonds is 3. The first-order valence-electron chi connectivity index (χ1n) is 8.86. The van der Waals surface area contributed by atoms with Crippen LogP contribution in [-0.4, -0.2) is 47.2 Å². The van der Waals surface area contributed by atoms with Crippen molar-refractivity contribution in [2.24, 2.45) is 5.41 Å². The van der Waals surface area contributed by atoms with E-state index in [-0.39, 0.29) is 18.2 Å². The Kier molecular flexibility index (Phi) is 6.50. The molecule has 0 bridgehead atoms. The summed E-state index contributed by atoms with van der Waals surface area (Å²) in [5.74, 6) is -0.886. The van der Waals surface area contributed by atoms with Crippen LogP contribution < -0.4 is 0 Å². The Morgan fingerprint density at radius 1 is 1.41 bits per heavy atom. The number of methoxy groups -OCH3 is 1. The van der Waals surface area contributed by atoms with Crippen LogP contribution in [0.5, 0.6) is 0 Å². The zero-order valence-corrected chi connectivity index (χ0v) is 17.9. The molecular weight excluding hydrogens is 419 g/mol. The topological polar surface area (TPSA) is 68.7 Å². The van der Waals surface area contributed by atoms with Gasteiger partial charge >= 0.3 is 12.1 Å². The molecule has 1 amide bonds. The number of hydrogen-bond donors (Lipinski definition) is 0. The fraction of sp³-hybridized carbons (Fsp3) is 0.632. The first kappa shape index (κ1) is 21.6. The summed E-state index contributed by atoms with van der Waals surface area (Å²) in [6.45, 7) is 7.59. The standard InChI is InChI=1S/C19H26BrFN2O4/c1-12-10-19(16(24)26-5,11-14-13(21)6-7-15(20)22-14)8-9-23(12)17(25)27-18(2,3)4/h6-7,12H,8-11H2,1-5H3. The number of likely N-dealkylation sites (tertiary alicyclic amines) is 1. The minimum Gasteiger partial charge on any atom is -0.469 e. The van der Waals surface area contributed by atoms with Gasteiger partial charge in [-0.15, -0.1) is 0 Å². The van der Waals surface area contributed by atoms with E-state index in [4.69, 9.17) is 9.47 Å². The second-order valence-electron chi connectivity index (χ2n) is 7.99. The van der Waals surface area contributed by atoms with E-state index in [1.165, 1.54) is 19.2 Å². The Morgan fingerprint density at radius 2 is 2.07 bits per heavy atom. The molecule has 2 rings (SSSR count). The van der Waals surface area contributed by atoms with Gasteiger partial charge in [-0.2, -0.15) is 0 Å². The van der Waals surface area contributed by atoms with Gasteiger partial charge in [0.05, 0.1) is 18.2 Å². The molecule has 0 aromatic carbocycles. The highest BCUT2D eigenvalue weighted by molar-refractivity contribution is 9.10. The Balaban J connectivity index is 2.25. The van der Waals surface area contributed by atoms with Gasteiger partial charge in [0.25, 0.3) is 0 Å². The van der Waals surface area contributed by atoms with Gasteiger partial charge < -0.3 is 14.4 Å². The number of ether oxygens (including phenoxy) is 2. The van der Waals surface area contributed by atoms with Crippen LogP contribution in [0.3, 0.4) is 0 Å². The molecule has 1 aliphatic heterocycles. The van der Waals surface area contributed by atoms with E-state index in [0.29, 0.717) is 24.0 Å². The van der Waals surface area contributed by atoms with Gasteiger partial charge in [-0.1, -0.05) is 0 Å². The van der Waals surface area contributed by atoms with E-state index in [1.54, 1.807) is 25.7 Å². The fourth-order valence-corrected chi connectivity index (χ4v) is 3.81. The lowest BCUT2D eigenvalue weighted by atomic mass is 9.72. The van der Waals surface area contributed by atoms with E-state index in [0.717, 1.165) is 0 Å². The molecule has 0 aliphatic carbocycles. The minimum absolute atomic E-state index is 0.109. The summed E-state index contributed by atoms with van der Waals surface area (Å²) in [6.07, 6.45) is 0.376. The van der Waals surface area contributed by atoms with E-state index in [2.05, 4.69) is 20.9 Å². The maximum absolute atomic E-state index is 14.2. The molecule has 2 heterocycles. The summed E-state index contributed by atoms with van der Waals surface area (Å²) in [5, 5.41) is 0. The zero-order chi connectivity index (χ0) is 20.4. The monoisotopic (exact) mass is 444 g/mol. The molecule has 0 N–H and O–H groups in total. The lowest BCUT2D eigenvalue weighted by Crippen LogP contribution is -2.53. The predicted octanol–water partition coefficient (Wildman–Crippen LogP) is 4.10. The second-order valence-corrected chi connectivity index (χ2v) is 8.80. The molecule has 0 saturated carbocycles. The van der Waals surface area contributed by atoms with Gasteiger partial charge in [0, 0.05) is 19.0 Å². The van der Waals surface area contributed by atoms with Crippen LogP contribution in [0.15, 0.2) is 16.7 Å². The van der Waals surface area contributed by atoms with Gasteiger partial charge in [-0.05, 0) is 68.6 Å². The largest absolute Gasteiger partial charge is 0.469 e. The summed E-state index contributed by atoms with van der Waals surface area (Å²) < 4.78 is 25.2. The molecule has 150 valence electrons. The fourth-order valence-electron chi connectivity index (χ4n) is 3.46. The van der Waals surface area contributed by atoms with Crippen LogP contribution in [0, 0.1) is 11.2 Å². The van der Waals surface area contributed by atoms with Crippen molar-refractivity contribution in [2.45, 2.75) is 58.6 Å². The van der Waals surface area contributed by atoms with E-state index in [9.17, 15) is 14.0 Å². The maximum atomic E-state index is 14.2. The number of amides is 1. The highest BCUT2D eigenvalue weighted by atomic mass is 79.9. The van der Waals surface area contributed by atoms with Gasteiger partial charge in [0.1, 0.15) is 16.0 Å². The van der Waals surface area contributed by atoms with Gasteiger partial charge in [-0.3, -0.25) is 4.79 Å². The zero-order valence-electron chi connectivity index (χ0n) is 16.3. The molecule has 1 aromatic rings. The number of aromatic nitrogens is 1. The highest BCUT2D eigenvalue weighted by Crippen LogP contribution is 2.40. The van der Waals surface area contributed by atoms with Gasteiger partial charge in [-0.25, -0.2) is 14.2 Å². The van der Waals surface area contributed by atoms with Crippen LogP contribution in [0.25, 0.3) is 0 Å². The van der Waals surface area contributed by atoms with E-state index < -0.39 is 28.9 Å². The molecule has 0 radical (unpaired) electrons. The predicted molar refractivity (Wildman–Crippen MR) is 102 cm³/mol. The van der Waals surface area contributed by atoms with Crippen molar-refractivity contribution in [3.05, 3.63) is 28.2 Å². The highest BCUT2D eigenvalue weighted by Gasteiger charge is 2.47. The molecule has 0 spiro atoms. The SMILES string of the molecule is COC(=O)C1(Cc2nc(Br)ccc2F)CCN(C(=O)OC(C)(C)C)C(C)C1. The van der Waals surface area contributed by atoms with Crippen molar-refractivity contribution >= 4 is 28.0 Å². The smallest absolute Gasteiger partial charge is 0.410 e. The Hall–Kier alpha value is -1.70. The molecule has 27 heavy (non-hydrogen) atoms. The van der Waals surface area contributed by atoms with Crippen molar-refractivity contribution in [3.63, 3.8) is 0 Å².